The number of amidine groups is 2. The van der Waals surface area contributed by atoms with Gasteiger partial charge in [-0.2, -0.15) is 0 Å². The van der Waals surface area contributed by atoms with Gasteiger partial charge in [-0.15, -0.1) is 0 Å². The smallest absolute Gasteiger partial charge is 0.154 e. The van der Waals surface area contributed by atoms with E-state index in [9.17, 15) is 0 Å². The van der Waals surface area contributed by atoms with Crippen LogP contribution in [0.25, 0.3) is 33.0 Å². The summed E-state index contributed by atoms with van der Waals surface area (Å²) < 4.78 is 0. The quantitative estimate of drug-likeness (QED) is 0.315. The van der Waals surface area contributed by atoms with Crippen molar-refractivity contribution in [2.24, 2.45) is 10.7 Å². The summed E-state index contributed by atoms with van der Waals surface area (Å²) >= 11 is 0. The topological polar surface area (TPSA) is 62.2 Å². The van der Waals surface area contributed by atoms with Crippen molar-refractivity contribution in [2.45, 2.75) is 52.4 Å². The van der Waals surface area contributed by atoms with E-state index >= 15 is 0 Å². The Morgan fingerprint density at radius 2 is 0.943 bits per heavy atom. The molecule has 4 aromatic rings. The number of rotatable bonds is 2. The number of nitrogens with one attached hydrogen (secondary N) is 1. The Hall–Kier alpha value is -3.72. The van der Waals surface area contributed by atoms with Crippen molar-refractivity contribution in [2.75, 3.05) is 0 Å². The molecular weight excluding hydrogens is 426 g/mol. The zero-order valence-electron chi connectivity index (χ0n) is 21.5. The molecule has 1 aliphatic rings. The summed E-state index contributed by atoms with van der Waals surface area (Å²) in [5, 5.41) is 10.4. The SMILES string of the molecule is CC(C)(C)c1ccc(-c2cc3cc4c(cc3cc2-c2ccc(C(C)(C)C)cc2)C(N)=NC4=N)cc1. The molecule has 0 bridgehead atoms. The van der Waals surface area contributed by atoms with E-state index in [0.29, 0.717) is 5.84 Å². The molecule has 3 nitrogen and oxygen atoms in total. The molecule has 176 valence electrons. The minimum absolute atomic E-state index is 0.106. The highest BCUT2D eigenvalue weighted by atomic mass is 14.9. The Morgan fingerprint density at radius 3 is 1.34 bits per heavy atom. The molecule has 0 fully saturated rings. The van der Waals surface area contributed by atoms with E-state index in [0.717, 1.165) is 21.9 Å². The maximum atomic E-state index is 8.22. The van der Waals surface area contributed by atoms with E-state index in [-0.39, 0.29) is 16.7 Å². The number of hydrogen-bond acceptors (Lipinski definition) is 2. The van der Waals surface area contributed by atoms with Crippen LogP contribution < -0.4 is 5.73 Å². The van der Waals surface area contributed by atoms with Gasteiger partial charge in [-0.3, -0.25) is 5.41 Å². The van der Waals surface area contributed by atoms with E-state index in [2.05, 4.69) is 119 Å². The van der Waals surface area contributed by atoms with Crippen LogP contribution in [0.1, 0.15) is 63.8 Å². The van der Waals surface area contributed by atoms with Gasteiger partial charge in [0, 0.05) is 11.1 Å². The van der Waals surface area contributed by atoms with Gasteiger partial charge in [0.1, 0.15) is 5.84 Å². The third-order valence-corrected chi connectivity index (χ3v) is 7.00. The van der Waals surface area contributed by atoms with Crippen LogP contribution in [0.2, 0.25) is 0 Å². The number of aliphatic imine (C=N–C) groups is 1. The second-order valence-corrected chi connectivity index (χ2v) is 11.6. The van der Waals surface area contributed by atoms with Gasteiger partial charge in [0.2, 0.25) is 0 Å². The lowest BCUT2D eigenvalue weighted by Crippen LogP contribution is -2.10. The van der Waals surface area contributed by atoms with Crippen molar-refractivity contribution in [3.63, 3.8) is 0 Å². The lowest BCUT2D eigenvalue weighted by Gasteiger charge is -2.21. The van der Waals surface area contributed by atoms with Crippen molar-refractivity contribution in [1.82, 2.24) is 0 Å². The highest BCUT2D eigenvalue weighted by Crippen LogP contribution is 2.38. The average Bonchev–Trinajstić information content (AvgIpc) is 3.08. The van der Waals surface area contributed by atoms with Crippen molar-refractivity contribution >= 4 is 22.4 Å². The summed E-state index contributed by atoms with van der Waals surface area (Å²) in [6.45, 7) is 13.4. The lowest BCUT2D eigenvalue weighted by molar-refractivity contribution is 0.590. The van der Waals surface area contributed by atoms with Crippen LogP contribution in [0.3, 0.4) is 0 Å². The molecule has 0 radical (unpaired) electrons. The van der Waals surface area contributed by atoms with Crippen molar-refractivity contribution in [3.05, 3.63) is 95.1 Å². The van der Waals surface area contributed by atoms with Gasteiger partial charge in [-0.1, -0.05) is 90.1 Å². The first-order valence-electron chi connectivity index (χ1n) is 12.2. The van der Waals surface area contributed by atoms with Gasteiger partial charge in [-0.25, -0.2) is 4.99 Å². The molecule has 0 aliphatic carbocycles. The first-order chi connectivity index (χ1) is 16.4. The molecule has 1 heterocycles. The highest BCUT2D eigenvalue weighted by molar-refractivity contribution is 6.22. The molecular formula is C32H33N3. The predicted molar refractivity (Wildman–Crippen MR) is 150 cm³/mol. The Bertz CT molecular complexity index is 1490. The summed E-state index contributed by atoms with van der Waals surface area (Å²) in [5.74, 6) is 0.655. The molecule has 5 rings (SSSR count). The molecule has 3 heteroatoms. The largest absolute Gasteiger partial charge is 0.383 e. The minimum Gasteiger partial charge on any atom is -0.383 e. The van der Waals surface area contributed by atoms with Gasteiger partial charge in [-0.05, 0) is 79.2 Å². The van der Waals surface area contributed by atoms with Crippen LogP contribution in [0.5, 0.6) is 0 Å². The van der Waals surface area contributed by atoms with Crippen LogP contribution >= 0.6 is 0 Å². The average molecular weight is 460 g/mol. The Labute approximate surface area is 208 Å². The van der Waals surface area contributed by atoms with E-state index < -0.39 is 0 Å². The van der Waals surface area contributed by atoms with Crippen molar-refractivity contribution in [3.8, 4) is 22.3 Å². The molecule has 0 atom stereocenters. The molecule has 0 saturated heterocycles. The molecule has 0 amide bonds. The highest BCUT2D eigenvalue weighted by Gasteiger charge is 2.21. The molecule has 4 aromatic carbocycles. The van der Waals surface area contributed by atoms with E-state index in [4.69, 9.17) is 11.1 Å². The van der Waals surface area contributed by atoms with Crippen LogP contribution in [0.15, 0.2) is 77.8 Å². The fourth-order valence-corrected chi connectivity index (χ4v) is 4.78. The number of nitrogens with two attached hydrogens (primary N) is 1. The van der Waals surface area contributed by atoms with Gasteiger partial charge >= 0.3 is 0 Å². The fourth-order valence-electron chi connectivity index (χ4n) is 4.78. The normalized spacial score (nSPS) is 13.8. The monoisotopic (exact) mass is 459 g/mol. The van der Waals surface area contributed by atoms with Crippen LogP contribution in [0, 0.1) is 5.41 Å². The zero-order valence-corrected chi connectivity index (χ0v) is 21.5. The summed E-state index contributed by atoms with van der Waals surface area (Å²) in [6.07, 6.45) is 0. The first kappa shape index (κ1) is 23.0. The van der Waals surface area contributed by atoms with Gasteiger partial charge < -0.3 is 5.73 Å². The maximum Gasteiger partial charge on any atom is 0.154 e. The first-order valence-corrected chi connectivity index (χ1v) is 12.2. The van der Waals surface area contributed by atoms with Crippen molar-refractivity contribution < 1.29 is 0 Å². The van der Waals surface area contributed by atoms with E-state index in [1.807, 2.05) is 0 Å². The maximum absolute atomic E-state index is 8.22. The standard InChI is InChI=1S/C32H33N3/c1-31(2,3)23-11-7-19(8-12-23)25-15-21-17-27-28(30(34)35-29(27)33)18-22(21)16-26(25)20-9-13-24(14-10-20)32(4,5)6/h7-18H,1-6H3,(H3,33,34,35). The Kier molecular flexibility index (Phi) is 5.21. The molecule has 0 unspecified atom stereocenters. The van der Waals surface area contributed by atoms with Gasteiger partial charge in [0.25, 0.3) is 0 Å². The second-order valence-electron chi connectivity index (χ2n) is 11.6. The molecule has 35 heavy (non-hydrogen) atoms. The summed E-state index contributed by atoms with van der Waals surface area (Å²) in [4.78, 5) is 4.18. The summed E-state index contributed by atoms with van der Waals surface area (Å²) in [6, 6.07) is 26.5. The number of benzene rings is 4. The predicted octanol–water partition coefficient (Wildman–Crippen LogP) is 7.81. The third kappa shape index (κ3) is 4.16. The number of fused-ring (bicyclic) bond motifs is 2. The second kappa shape index (κ2) is 7.91. The third-order valence-electron chi connectivity index (χ3n) is 7.00. The van der Waals surface area contributed by atoms with Crippen LogP contribution in [-0.2, 0) is 10.8 Å². The van der Waals surface area contributed by atoms with Crippen LogP contribution in [-0.4, -0.2) is 11.7 Å². The van der Waals surface area contributed by atoms with E-state index in [1.165, 1.54) is 33.4 Å². The van der Waals surface area contributed by atoms with Gasteiger partial charge in [0.15, 0.2) is 5.84 Å². The molecule has 0 aromatic heterocycles. The summed E-state index contributed by atoms with van der Waals surface area (Å²) in [5.41, 5.74) is 15.3. The number of nitrogens with zero attached hydrogens (tertiary/aromatic N) is 1. The minimum atomic E-state index is 0.106. The molecule has 3 N–H and O–H groups in total. The van der Waals surface area contributed by atoms with Crippen LogP contribution in [0.4, 0.5) is 0 Å². The zero-order chi connectivity index (χ0) is 25.1. The van der Waals surface area contributed by atoms with E-state index in [1.54, 1.807) is 0 Å². The molecule has 0 spiro atoms. The molecule has 1 aliphatic heterocycles. The fraction of sp³-hybridized carbons (Fsp3) is 0.250. The molecule has 0 saturated carbocycles. The Balaban J connectivity index is 1.73. The lowest BCUT2D eigenvalue weighted by atomic mass is 9.84. The van der Waals surface area contributed by atoms with Gasteiger partial charge in [0.05, 0.1) is 0 Å². The summed E-state index contributed by atoms with van der Waals surface area (Å²) in [7, 11) is 0. The van der Waals surface area contributed by atoms with Crippen molar-refractivity contribution in [1.29, 1.82) is 5.41 Å². The Morgan fingerprint density at radius 1 is 0.571 bits per heavy atom. The number of hydrogen-bond donors (Lipinski definition) is 2.